The molecule has 0 radical (unpaired) electrons. The Kier molecular flexibility index (Phi) is 6.36. The van der Waals surface area contributed by atoms with Crippen LogP contribution in [0.15, 0.2) is 0 Å². The van der Waals surface area contributed by atoms with Crippen molar-refractivity contribution >= 4 is 17.5 Å². The zero-order valence-corrected chi connectivity index (χ0v) is 12.5. The molecule has 18 heavy (non-hydrogen) atoms. The summed E-state index contributed by atoms with van der Waals surface area (Å²) in [4.78, 5) is 11.0. The Balaban J connectivity index is 2.40. The van der Waals surface area contributed by atoms with Gasteiger partial charge >= 0.3 is 0 Å². The van der Waals surface area contributed by atoms with Crippen LogP contribution in [0.4, 0.5) is 5.95 Å². The lowest BCUT2D eigenvalue weighted by atomic mass is 10.3. The lowest BCUT2D eigenvalue weighted by Crippen LogP contribution is -2.25. The maximum absolute atomic E-state index is 6.03. The number of hydrogen-bond acceptors (Lipinski definition) is 4. The first-order valence-electron chi connectivity index (χ1n) is 6.55. The minimum absolute atomic E-state index is 0.536. The topological polar surface area (TPSA) is 41.0 Å². The zero-order valence-electron chi connectivity index (χ0n) is 11.8. The number of aromatic nitrogens is 2. The first kappa shape index (κ1) is 15.2. The van der Waals surface area contributed by atoms with Gasteiger partial charge in [-0.3, -0.25) is 0 Å². The van der Waals surface area contributed by atoms with E-state index in [1.165, 1.54) is 0 Å². The molecule has 0 aliphatic carbocycles. The summed E-state index contributed by atoms with van der Waals surface area (Å²) in [5.74, 6) is 0.627. The molecule has 1 aromatic heterocycles. The summed E-state index contributed by atoms with van der Waals surface area (Å²) in [7, 11) is 0. The molecule has 5 heteroatoms. The van der Waals surface area contributed by atoms with Crippen molar-refractivity contribution in [2.75, 3.05) is 31.5 Å². The average molecular weight is 271 g/mol. The van der Waals surface area contributed by atoms with Gasteiger partial charge in [0, 0.05) is 17.8 Å². The number of nitrogens with zero attached hydrogens (tertiary/aromatic N) is 3. The van der Waals surface area contributed by atoms with Crippen LogP contribution in [-0.4, -0.2) is 41.0 Å². The van der Waals surface area contributed by atoms with Crippen LogP contribution in [0.3, 0.4) is 0 Å². The van der Waals surface area contributed by atoms with Crippen molar-refractivity contribution in [3.05, 3.63) is 16.4 Å². The summed E-state index contributed by atoms with van der Waals surface area (Å²) < 4.78 is 0. The van der Waals surface area contributed by atoms with Gasteiger partial charge in [0.15, 0.2) is 0 Å². The van der Waals surface area contributed by atoms with Crippen LogP contribution in [0.25, 0.3) is 0 Å². The molecule has 0 spiro atoms. The molecule has 0 unspecified atom stereocenters. The predicted octanol–water partition coefficient (Wildman–Crippen LogP) is 2.89. The summed E-state index contributed by atoms with van der Waals surface area (Å²) in [6.45, 7) is 12.4. The Morgan fingerprint density at radius 1 is 1.17 bits per heavy atom. The molecule has 1 rings (SSSR count). The number of halogens is 1. The summed E-state index contributed by atoms with van der Waals surface area (Å²) in [5.41, 5.74) is 1.88. The fraction of sp³-hybridized carbons (Fsp3) is 0.692. The highest BCUT2D eigenvalue weighted by Gasteiger charge is 2.05. The molecule has 0 amide bonds. The van der Waals surface area contributed by atoms with Gasteiger partial charge < -0.3 is 10.2 Å². The van der Waals surface area contributed by atoms with E-state index in [1.54, 1.807) is 0 Å². The summed E-state index contributed by atoms with van der Waals surface area (Å²) in [5, 5.41) is 3.76. The summed E-state index contributed by atoms with van der Waals surface area (Å²) >= 11 is 6.03. The van der Waals surface area contributed by atoms with Crippen molar-refractivity contribution in [1.29, 1.82) is 0 Å². The zero-order chi connectivity index (χ0) is 13.5. The lowest BCUT2D eigenvalue weighted by molar-refractivity contribution is 0.303. The molecule has 102 valence electrons. The normalized spacial score (nSPS) is 11.0. The SMILES string of the molecule is CCN(CC)CCCNc1nc(C)c(C)c(Cl)n1. The number of hydrogen-bond donors (Lipinski definition) is 1. The average Bonchev–Trinajstić information content (AvgIpc) is 2.36. The Labute approximate surface area is 115 Å². The molecule has 0 aliphatic rings. The minimum atomic E-state index is 0.536. The molecular formula is C13H23ClN4. The van der Waals surface area contributed by atoms with Crippen molar-refractivity contribution in [2.45, 2.75) is 34.1 Å². The molecule has 0 saturated carbocycles. The van der Waals surface area contributed by atoms with Crippen molar-refractivity contribution in [2.24, 2.45) is 0 Å². The second-order valence-corrected chi connectivity index (χ2v) is 4.71. The smallest absolute Gasteiger partial charge is 0.224 e. The van der Waals surface area contributed by atoms with Crippen LogP contribution < -0.4 is 5.32 Å². The van der Waals surface area contributed by atoms with E-state index in [2.05, 4.69) is 34.0 Å². The van der Waals surface area contributed by atoms with Gasteiger partial charge in [0.25, 0.3) is 0 Å². The molecule has 0 atom stereocenters. The van der Waals surface area contributed by atoms with Crippen LogP contribution in [0, 0.1) is 13.8 Å². The van der Waals surface area contributed by atoms with E-state index in [0.717, 1.165) is 43.9 Å². The van der Waals surface area contributed by atoms with E-state index in [-0.39, 0.29) is 0 Å². The second kappa shape index (κ2) is 7.54. The quantitative estimate of drug-likeness (QED) is 0.611. The van der Waals surface area contributed by atoms with Gasteiger partial charge in [-0.25, -0.2) is 9.97 Å². The van der Waals surface area contributed by atoms with Gasteiger partial charge in [0.1, 0.15) is 5.15 Å². The van der Waals surface area contributed by atoms with Crippen molar-refractivity contribution in [3.8, 4) is 0 Å². The van der Waals surface area contributed by atoms with Crippen LogP contribution in [0.1, 0.15) is 31.5 Å². The monoisotopic (exact) mass is 270 g/mol. The van der Waals surface area contributed by atoms with E-state index in [1.807, 2.05) is 13.8 Å². The van der Waals surface area contributed by atoms with Crippen LogP contribution in [0.2, 0.25) is 5.15 Å². The number of aryl methyl sites for hydroxylation is 1. The van der Waals surface area contributed by atoms with Crippen LogP contribution in [-0.2, 0) is 0 Å². The molecule has 0 bridgehead atoms. The third kappa shape index (κ3) is 4.42. The Morgan fingerprint density at radius 3 is 2.39 bits per heavy atom. The highest BCUT2D eigenvalue weighted by molar-refractivity contribution is 6.30. The number of rotatable bonds is 7. The van der Waals surface area contributed by atoms with Gasteiger partial charge in [-0.2, -0.15) is 0 Å². The molecule has 1 heterocycles. The fourth-order valence-electron chi connectivity index (χ4n) is 1.72. The maximum atomic E-state index is 6.03. The molecule has 1 aromatic rings. The van der Waals surface area contributed by atoms with Crippen LogP contribution >= 0.6 is 11.6 Å². The maximum Gasteiger partial charge on any atom is 0.224 e. The van der Waals surface area contributed by atoms with Gasteiger partial charge in [0.05, 0.1) is 0 Å². The molecular weight excluding hydrogens is 248 g/mol. The number of nitrogens with one attached hydrogen (secondary N) is 1. The van der Waals surface area contributed by atoms with E-state index in [0.29, 0.717) is 11.1 Å². The Morgan fingerprint density at radius 2 is 1.83 bits per heavy atom. The van der Waals surface area contributed by atoms with Crippen molar-refractivity contribution in [3.63, 3.8) is 0 Å². The van der Waals surface area contributed by atoms with Gasteiger partial charge in [-0.15, -0.1) is 0 Å². The van der Waals surface area contributed by atoms with E-state index >= 15 is 0 Å². The van der Waals surface area contributed by atoms with E-state index in [9.17, 15) is 0 Å². The van der Waals surface area contributed by atoms with Gasteiger partial charge in [-0.1, -0.05) is 25.4 Å². The first-order chi connectivity index (χ1) is 8.58. The highest BCUT2D eigenvalue weighted by atomic mass is 35.5. The van der Waals surface area contributed by atoms with E-state index in [4.69, 9.17) is 11.6 Å². The standard InChI is InChI=1S/C13H23ClN4/c1-5-18(6-2)9-7-8-15-13-16-11(4)10(3)12(14)17-13/h5-9H2,1-4H3,(H,15,16,17). The fourth-order valence-corrected chi connectivity index (χ4v) is 1.93. The van der Waals surface area contributed by atoms with Crippen LogP contribution in [0.5, 0.6) is 0 Å². The molecule has 0 aromatic carbocycles. The minimum Gasteiger partial charge on any atom is -0.354 e. The molecule has 1 N–H and O–H groups in total. The lowest BCUT2D eigenvalue weighted by Gasteiger charge is -2.17. The summed E-state index contributed by atoms with van der Waals surface area (Å²) in [6, 6.07) is 0. The molecule has 0 aliphatic heterocycles. The summed E-state index contributed by atoms with van der Waals surface area (Å²) in [6.07, 6.45) is 1.08. The van der Waals surface area contributed by atoms with Crippen molar-refractivity contribution in [1.82, 2.24) is 14.9 Å². The van der Waals surface area contributed by atoms with E-state index < -0.39 is 0 Å². The Bertz CT molecular complexity index is 354. The van der Waals surface area contributed by atoms with Gasteiger partial charge in [0.2, 0.25) is 5.95 Å². The molecule has 0 saturated heterocycles. The van der Waals surface area contributed by atoms with Crippen molar-refractivity contribution < 1.29 is 0 Å². The largest absolute Gasteiger partial charge is 0.354 e. The van der Waals surface area contributed by atoms with Gasteiger partial charge in [-0.05, 0) is 39.9 Å². The first-order valence-corrected chi connectivity index (χ1v) is 6.93. The molecule has 0 fully saturated rings. The second-order valence-electron chi connectivity index (χ2n) is 4.36. The molecule has 4 nitrogen and oxygen atoms in total. The third-order valence-electron chi connectivity index (χ3n) is 3.16. The number of anilines is 1. The third-order valence-corrected chi connectivity index (χ3v) is 3.53. The predicted molar refractivity (Wildman–Crippen MR) is 77.4 cm³/mol. The Hall–Kier alpha value is -0.870. The highest BCUT2D eigenvalue weighted by Crippen LogP contribution is 2.16.